The molecule has 0 radical (unpaired) electrons. The van der Waals surface area contributed by atoms with Crippen molar-refractivity contribution in [3.63, 3.8) is 0 Å². The zero-order valence-electron chi connectivity index (χ0n) is 22.7. The second-order valence-electron chi connectivity index (χ2n) is 9.81. The molecule has 0 unspecified atom stereocenters. The Hall–Kier alpha value is -2.57. The van der Waals surface area contributed by atoms with E-state index in [2.05, 4.69) is 22.1 Å². The number of rotatable bonds is 18. The van der Waals surface area contributed by atoms with E-state index in [1.807, 2.05) is 47.4 Å². The molecule has 0 fully saturated rings. The SMILES string of the molecule is CCCCCCCCCCCCCCOc1ccc(NC(=O)Nc2ccccc2C[n+]2ccsc2)c(Cl)c1. The molecule has 3 rings (SSSR count). The average Bonchev–Trinajstić information content (AvgIpc) is 3.43. The third-order valence-electron chi connectivity index (χ3n) is 6.60. The van der Waals surface area contributed by atoms with Gasteiger partial charge in [0.05, 0.1) is 28.4 Å². The Morgan fingerprint density at radius 3 is 2.18 bits per heavy atom. The van der Waals surface area contributed by atoms with E-state index in [1.165, 1.54) is 70.6 Å². The van der Waals surface area contributed by atoms with Crippen molar-refractivity contribution in [1.29, 1.82) is 0 Å². The van der Waals surface area contributed by atoms with Crippen molar-refractivity contribution in [3.05, 3.63) is 70.1 Å². The van der Waals surface area contributed by atoms with E-state index in [0.29, 0.717) is 23.9 Å². The monoisotopic (exact) mass is 556 g/mol. The number of urea groups is 1. The van der Waals surface area contributed by atoms with Crippen molar-refractivity contribution >= 4 is 40.3 Å². The number of benzene rings is 2. The van der Waals surface area contributed by atoms with Crippen LogP contribution in [0.1, 0.15) is 89.5 Å². The van der Waals surface area contributed by atoms with E-state index in [4.69, 9.17) is 16.3 Å². The van der Waals surface area contributed by atoms with Crippen LogP contribution in [0, 0.1) is 0 Å². The highest BCUT2D eigenvalue weighted by Gasteiger charge is 2.12. The van der Waals surface area contributed by atoms with Gasteiger partial charge in [-0.1, -0.05) is 119 Å². The summed E-state index contributed by atoms with van der Waals surface area (Å²) in [6.07, 6.45) is 17.9. The Kier molecular flexibility index (Phi) is 14.1. The zero-order valence-corrected chi connectivity index (χ0v) is 24.3. The van der Waals surface area contributed by atoms with Gasteiger partial charge in [0.25, 0.3) is 0 Å². The quantitative estimate of drug-likeness (QED) is 0.121. The summed E-state index contributed by atoms with van der Waals surface area (Å²) in [6, 6.07) is 12.9. The summed E-state index contributed by atoms with van der Waals surface area (Å²) in [5, 5.41) is 8.27. The molecular formula is C31H43ClN3O2S+. The Labute approximate surface area is 237 Å². The van der Waals surface area contributed by atoms with Crippen molar-refractivity contribution in [2.75, 3.05) is 17.2 Å². The minimum absolute atomic E-state index is 0.333. The summed E-state index contributed by atoms with van der Waals surface area (Å²) in [5.41, 5.74) is 4.38. The summed E-state index contributed by atoms with van der Waals surface area (Å²) in [5.74, 6) is 0.724. The number of nitrogens with one attached hydrogen (secondary N) is 2. The minimum atomic E-state index is -0.333. The number of amides is 2. The van der Waals surface area contributed by atoms with Gasteiger partial charge in [-0.15, -0.1) is 0 Å². The van der Waals surface area contributed by atoms with Crippen LogP contribution in [0.2, 0.25) is 5.02 Å². The number of hydrogen-bond acceptors (Lipinski definition) is 3. The van der Waals surface area contributed by atoms with E-state index in [1.54, 1.807) is 23.5 Å². The molecule has 1 aromatic heterocycles. The van der Waals surface area contributed by atoms with Crippen molar-refractivity contribution in [1.82, 2.24) is 0 Å². The topological polar surface area (TPSA) is 54.2 Å². The summed E-state index contributed by atoms with van der Waals surface area (Å²) in [4.78, 5) is 12.7. The normalized spacial score (nSPS) is 10.9. The molecule has 5 nitrogen and oxygen atoms in total. The minimum Gasteiger partial charge on any atom is -0.494 e. The zero-order chi connectivity index (χ0) is 26.8. The molecule has 0 spiro atoms. The molecule has 0 saturated heterocycles. The van der Waals surface area contributed by atoms with Crippen molar-refractivity contribution < 1.29 is 14.1 Å². The van der Waals surface area contributed by atoms with E-state index in [9.17, 15) is 4.79 Å². The Morgan fingerprint density at radius 1 is 0.868 bits per heavy atom. The van der Waals surface area contributed by atoms with Gasteiger partial charge in [-0.05, 0) is 24.6 Å². The molecule has 3 aromatic rings. The van der Waals surface area contributed by atoms with Gasteiger partial charge < -0.3 is 15.4 Å². The highest BCUT2D eigenvalue weighted by molar-refractivity contribution is 7.07. The molecule has 2 N–H and O–H groups in total. The Balaban J connectivity index is 1.31. The third-order valence-corrected chi connectivity index (χ3v) is 7.59. The lowest BCUT2D eigenvalue weighted by Crippen LogP contribution is -2.31. The molecule has 2 aromatic carbocycles. The number of unbranched alkanes of at least 4 members (excludes halogenated alkanes) is 11. The maximum atomic E-state index is 12.7. The fraction of sp³-hybridized carbons (Fsp3) is 0.484. The largest absolute Gasteiger partial charge is 0.494 e. The van der Waals surface area contributed by atoms with E-state index < -0.39 is 0 Å². The number of nitrogens with zero attached hydrogens (tertiary/aromatic N) is 1. The lowest BCUT2D eigenvalue weighted by molar-refractivity contribution is -0.683. The van der Waals surface area contributed by atoms with Crippen molar-refractivity contribution in [2.45, 2.75) is 90.5 Å². The molecule has 0 saturated carbocycles. The lowest BCUT2D eigenvalue weighted by atomic mass is 10.1. The average molecular weight is 557 g/mol. The molecule has 0 atom stereocenters. The van der Waals surface area contributed by atoms with Crippen LogP contribution in [-0.2, 0) is 6.54 Å². The number of para-hydroxylation sites is 1. The fourth-order valence-corrected chi connectivity index (χ4v) is 5.24. The first kappa shape index (κ1) is 30.0. The molecule has 0 aliphatic carbocycles. The molecule has 1 heterocycles. The van der Waals surface area contributed by atoms with Gasteiger partial charge in [-0.3, -0.25) is 0 Å². The molecule has 2 amide bonds. The van der Waals surface area contributed by atoms with Gasteiger partial charge in [0.1, 0.15) is 5.75 Å². The van der Waals surface area contributed by atoms with Gasteiger partial charge in [0.15, 0.2) is 12.7 Å². The van der Waals surface area contributed by atoms with Crippen LogP contribution in [0.15, 0.2) is 59.6 Å². The van der Waals surface area contributed by atoms with Crippen LogP contribution in [-0.4, -0.2) is 12.6 Å². The number of ether oxygens (including phenoxy) is 1. The van der Waals surface area contributed by atoms with Crippen LogP contribution in [0.4, 0.5) is 16.2 Å². The first-order valence-electron chi connectivity index (χ1n) is 14.1. The van der Waals surface area contributed by atoms with Gasteiger partial charge in [-0.2, -0.15) is 4.57 Å². The second-order valence-corrected chi connectivity index (χ2v) is 11.0. The number of aromatic nitrogens is 1. The summed E-state index contributed by atoms with van der Waals surface area (Å²) < 4.78 is 7.97. The predicted octanol–water partition coefficient (Wildman–Crippen LogP) is 9.46. The Morgan fingerprint density at radius 2 is 1.53 bits per heavy atom. The van der Waals surface area contributed by atoms with Crippen LogP contribution in [0.3, 0.4) is 0 Å². The van der Waals surface area contributed by atoms with E-state index >= 15 is 0 Å². The fourth-order valence-electron chi connectivity index (χ4n) is 4.42. The number of carbonyl (C=O) groups is 1. The van der Waals surface area contributed by atoms with Crippen molar-refractivity contribution in [3.8, 4) is 5.75 Å². The van der Waals surface area contributed by atoms with E-state index in [-0.39, 0.29) is 6.03 Å². The maximum Gasteiger partial charge on any atom is 0.323 e. The summed E-state index contributed by atoms with van der Waals surface area (Å²) in [7, 11) is 0. The molecule has 0 aliphatic heterocycles. The first-order valence-corrected chi connectivity index (χ1v) is 15.5. The standard InChI is InChI=1S/C31H42ClN3O2S/c1-2-3-4-5-6-7-8-9-10-11-12-15-21-37-27-18-19-30(28(32)23-27)34-31(36)33-29-17-14-13-16-26(29)24-35-20-22-38-25-35/h13-14,16-20,22-23,25H,2-12,15,21,24H2,1H3,(H-,33,34,36)/p+1. The third kappa shape index (κ3) is 11.4. The maximum absolute atomic E-state index is 12.7. The van der Waals surface area contributed by atoms with Crippen LogP contribution in [0.5, 0.6) is 5.75 Å². The first-order chi connectivity index (χ1) is 18.7. The molecule has 0 bridgehead atoms. The van der Waals surface area contributed by atoms with Crippen LogP contribution in [0.25, 0.3) is 0 Å². The van der Waals surface area contributed by atoms with Gasteiger partial charge >= 0.3 is 6.03 Å². The Bertz CT molecular complexity index is 1070. The van der Waals surface area contributed by atoms with Crippen molar-refractivity contribution in [2.24, 2.45) is 0 Å². The summed E-state index contributed by atoms with van der Waals surface area (Å²) >= 11 is 8.07. The molecule has 206 valence electrons. The molecule has 0 aliphatic rings. The highest BCUT2D eigenvalue weighted by atomic mass is 35.5. The van der Waals surface area contributed by atoms with Gasteiger partial charge in [0.2, 0.25) is 5.51 Å². The molecule has 38 heavy (non-hydrogen) atoms. The predicted molar refractivity (Wildman–Crippen MR) is 161 cm³/mol. The summed E-state index contributed by atoms with van der Waals surface area (Å²) in [6.45, 7) is 3.64. The highest BCUT2D eigenvalue weighted by Crippen LogP contribution is 2.27. The van der Waals surface area contributed by atoms with Gasteiger partial charge in [0, 0.05) is 11.6 Å². The smallest absolute Gasteiger partial charge is 0.323 e. The number of halogens is 1. The van der Waals surface area contributed by atoms with E-state index in [0.717, 1.165) is 23.4 Å². The number of hydrogen-bond donors (Lipinski definition) is 2. The number of carbonyl (C=O) groups excluding carboxylic acids is 1. The number of thiazole rings is 1. The second kappa shape index (κ2) is 17.8. The van der Waals surface area contributed by atoms with Crippen LogP contribution >= 0.6 is 22.9 Å². The van der Waals surface area contributed by atoms with Crippen LogP contribution < -0.4 is 19.9 Å². The lowest BCUT2D eigenvalue weighted by Gasteiger charge is -2.12. The molecule has 7 heteroatoms. The molecular weight excluding hydrogens is 514 g/mol. The number of anilines is 2. The van der Waals surface area contributed by atoms with Gasteiger partial charge in [-0.25, -0.2) is 4.79 Å².